The van der Waals surface area contributed by atoms with Gasteiger partial charge in [0.15, 0.2) is 11.7 Å². The molecule has 0 spiro atoms. The number of aliphatic hydroxyl groups is 2. The molecule has 2 rings (SSSR count). The van der Waals surface area contributed by atoms with E-state index in [1.54, 1.807) is 48.5 Å². The van der Waals surface area contributed by atoms with Crippen LogP contribution in [0, 0.1) is 40.9 Å². The Hall–Kier alpha value is -12.7. The highest BCUT2D eigenvalue weighted by atomic mass is 32.2. The van der Waals surface area contributed by atoms with Crippen LogP contribution in [0.1, 0.15) is 186 Å². The van der Waals surface area contributed by atoms with Crippen molar-refractivity contribution in [2.24, 2.45) is 64.2 Å². The minimum Gasteiger partial charge on any atom is -0.508 e. The Bertz CT molecular complexity index is 4390. The van der Waals surface area contributed by atoms with Crippen LogP contribution in [0.15, 0.2) is 36.8 Å². The van der Waals surface area contributed by atoms with Crippen molar-refractivity contribution in [3.8, 4) is 5.75 Å². The quantitative estimate of drug-likeness (QED) is 0.0166. The molecule has 768 valence electrons. The molecule has 18 amide bonds. The molecule has 1 aromatic heterocycles. The van der Waals surface area contributed by atoms with Crippen molar-refractivity contribution < 1.29 is 116 Å². The van der Waals surface area contributed by atoms with E-state index in [4.69, 9.17) is 34.1 Å². The number of Topliss-reactive ketones (excluding diaryl/α,β-unsaturated/α-hetero) is 1. The fourth-order valence-electron chi connectivity index (χ4n) is 13.6. The number of rotatable bonds is 65. The number of nitrogens with one attached hydrogen (secondary N) is 19. The zero-order chi connectivity index (χ0) is 104. The summed E-state index contributed by atoms with van der Waals surface area (Å²) in [6, 6.07) is -19.3. The summed E-state index contributed by atoms with van der Waals surface area (Å²) in [5.41, 5.74) is 28.4. The van der Waals surface area contributed by atoms with E-state index in [1.165, 1.54) is 92.2 Å². The van der Waals surface area contributed by atoms with Crippen LogP contribution in [0.25, 0.3) is 0 Å². The summed E-state index contributed by atoms with van der Waals surface area (Å²) in [6.07, 6.45) is -1.10. The van der Waals surface area contributed by atoms with Crippen molar-refractivity contribution in [3.63, 3.8) is 0 Å². The number of amides is 18. The van der Waals surface area contributed by atoms with Crippen molar-refractivity contribution in [1.29, 1.82) is 5.41 Å². The van der Waals surface area contributed by atoms with E-state index in [1.807, 2.05) is 0 Å². The van der Waals surface area contributed by atoms with Gasteiger partial charge in [-0.05, 0) is 125 Å². The number of phenols is 1. The third-order valence-electron chi connectivity index (χ3n) is 21.9. The van der Waals surface area contributed by atoms with Gasteiger partial charge in [0.1, 0.15) is 96.4 Å². The van der Waals surface area contributed by atoms with Crippen molar-refractivity contribution >= 4 is 136 Å². The van der Waals surface area contributed by atoms with E-state index < -0.39 is 295 Å². The number of nitrogens with two attached hydrogens (primary N) is 5. The molecule has 1 aromatic carbocycles. The van der Waals surface area contributed by atoms with Gasteiger partial charge in [-0.2, -0.15) is 0 Å². The lowest BCUT2D eigenvalue weighted by Crippen LogP contribution is -2.62. The van der Waals surface area contributed by atoms with Crippen LogP contribution in [-0.2, 0) is 109 Å². The van der Waals surface area contributed by atoms with Crippen LogP contribution in [-0.4, -0.2) is 295 Å². The summed E-state index contributed by atoms with van der Waals surface area (Å²) in [5, 5.41) is 91.7. The Balaban J connectivity index is 2.58. The molecule has 0 saturated carbocycles. The molecule has 1 heterocycles. The molecule has 0 aliphatic rings. The van der Waals surface area contributed by atoms with Gasteiger partial charge in [0.2, 0.25) is 106 Å². The molecule has 0 saturated heterocycles. The predicted octanol–water partition coefficient (Wildman–Crippen LogP) is -6.94. The highest BCUT2D eigenvalue weighted by Crippen LogP contribution is 2.19. The molecule has 0 aliphatic heterocycles. The second-order valence-corrected chi connectivity index (χ2v) is 36.2. The summed E-state index contributed by atoms with van der Waals surface area (Å²) in [4.78, 5) is 282. The molecule has 0 fully saturated rings. The first-order chi connectivity index (χ1) is 64.2. The number of guanidine groups is 1. The van der Waals surface area contributed by atoms with Crippen LogP contribution in [0.3, 0.4) is 0 Å². The monoisotopic (exact) mass is 1960 g/mol. The van der Waals surface area contributed by atoms with Crippen molar-refractivity contribution in [3.05, 3.63) is 48.0 Å². The number of aliphatic hydroxyl groups excluding tert-OH is 2. The highest BCUT2D eigenvalue weighted by molar-refractivity contribution is 8.00. The van der Waals surface area contributed by atoms with E-state index >= 15 is 0 Å². The first kappa shape index (κ1) is 120. The topological polar surface area (TPSA) is 809 Å². The Morgan fingerprint density at radius 2 is 0.883 bits per heavy atom. The number of carboxylic acid groups (broad SMARTS) is 1. The Kier molecular flexibility index (Phi) is 53.9. The fourth-order valence-corrected chi connectivity index (χ4v) is 14.3. The number of benzene rings is 1. The second kappa shape index (κ2) is 61.4. The number of carbonyl (C=O) groups excluding carboxylic acids is 19. The molecule has 2 aromatic rings. The van der Waals surface area contributed by atoms with Crippen LogP contribution >= 0.6 is 11.8 Å². The lowest BCUT2D eigenvalue weighted by Gasteiger charge is -2.30. The molecule has 0 unspecified atom stereocenters. The molecule has 0 bridgehead atoms. The van der Waals surface area contributed by atoms with Crippen LogP contribution in [0.5, 0.6) is 5.75 Å². The minimum absolute atomic E-state index is 0.0181. The summed E-state index contributed by atoms with van der Waals surface area (Å²) in [7, 11) is 0. The smallest absolute Gasteiger partial charge is 0.305 e. The minimum atomic E-state index is -1.97. The maximum Gasteiger partial charge on any atom is 0.305 e. The van der Waals surface area contributed by atoms with Crippen molar-refractivity contribution in [2.45, 2.75) is 290 Å². The average molecular weight is 1960 g/mol. The number of aliphatic carboxylic acids is 1. The lowest BCUT2D eigenvalue weighted by atomic mass is 9.96. The predicted molar refractivity (Wildman–Crippen MR) is 501 cm³/mol. The lowest BCUT2D eigenvalue weighted by molar-refractivity contribution is -0.142. The number of aromatic amines is 1. The number of hydrogen-bond donors (Lipinski definition) is 28. The van der Waals surface area contributed by atoms with Crippen LogP contribution in [0.4, 0.5) is 0 Å². The number of primary amides is 2. The normalized spacial score (nSPS) is 15.4. The van der Waals surface area contributed by atoms with Gasteiger partial charge in [-0.25, -0.2) is 4.98 Å². The maximum atomic E-state index is 14.8. The summed E-state index contributed by atoms with van der Waals surface area (Å²) in [6.45, 7) is 21.3. The van der Waals surface area contributed by atoms with E-state index in [0.29, 0.717) is 18.4 Å². The van der Waals surface area contributed by atoms with E-state index in [9.17, 15) is 116 Å². The van der Waals surface area contributed by atoms with Crippen molar-refractivity contribution in [2.75, 3.05) is 37.7 Å². The van der Waals surface area contributed by atoms with Gasteiger partial charge in [0.05, 0.1) is 43.8 Å². The standard InChI is InChI=1S/C87H145N25O24S/c1-16-45(11)69(111-80(130)60(34-65(120)121)105-83(133)67(43(7)8)107-76(126)54(21-18-19-29-88)99-64(119)36-96-73(123)53(89)38-137-39-63(91)118)85(135)101-55(22-20-30-95-87(92)93)74(124)100-56(27-28-62(90)117)75(125)104-59(33-51-35-94-40-97-51)79(129)109-68(44(9)10)84(134)106-61(37-113)81(131)103-58(32-50-23-25-52(116)26-24-50)77(127)102-57(31-41(3)4)78(128)108-66(42(5)6)82(132)98-47(13)72(122)110-70(46(12)17-2)86(136)112-71(48(14)114)49(15)115/h23-26,35,40-48,53-61,66-71,113-114,116H,16-22,27-34,36-39,88-89H2,1-15H3,(H2,90,117)(H2,91,118)(H,94,97)(H,96,123)(H,98,132)(H,99,119)(H,100,124)(H,101,135)(H,102,127)(H,103,131)(H,104,125)(H,105,133)(H,106,134)(H,107,126)(H,108,128)(H,109,129)(H,110,122)(H,111,130)(H,112,136)(H,120,121)(H4,92,93,95)/t45-,46-,47-,48+,53-,54-,55-,56-,57-,58-,59-,60-,61-,66-,67-,68-,69-,70-,71-/m0/s1. The van der Waals surface area contributed by atoms with Gasteiger partial charge >= 0.3 is 5.97 Å². The SMILES string of the molecule is CC[C@H](C)[C@H](NC(=O)[C@H](C)NC(=O)[C@@H](NC(=O)[C@H](CC(C)C)NC(=O)[C@H](Cc1ccc(O)cc1)NC(=O)[C@H](CO)NC(=O)[C@@H](NC(=O)[C@H](Cc1cnc[nH]1)NC(=O)[C@H](CCC(N)=O)NC(=O)[C@H](CCCNC(=N)N)NC(=O)[C@@H](NC(=O)[C@H](CC(=O)O)NC(=O)[C@@H](NC(=O)[C@H](CCCCN)NC(=O)CNC(=O)[C@@H](N)CSCC(N)=O)C(C)C)[C@@H](C)CC)C(C)C)C(C)C)C(=O)N[C@H](C(C)=O)[C@@H](C)O. The van der Waals surface area contributed by atoms with E-state index in [2.05, 4.69) is 100 Å². The Morgan fingerprint density at radius 3 is 1.36 bits per heavy atom. The average Bonchev–Trinajstić information content (AvgIpc) is 1.60. The Labute approximate surface area is 800 Å². The van der Waals surface area contributed by atoms with Crippen LogP contribution < -0.4 is 119 Å². The van der Waals surface area contributed by atoms with Gasteiger partial charge in [0, 0.05) is 43.5 Å². The van der Waals surface area contributed by atoms with Gasteiger partial charge in [-0.15, -0.1) is 11.8 Å². The number of unbranched alkanes of at least 4 members (excludes halogenated alkanes) is 1. The number of thioether (sulfide) groups is 1. The van der Waals surface area contributed by atoms with Gasteiger partial charge < -0.3 is 144 Å². The van der Waals surface area contributed by atoms with E-state index in [-0.39, 0.29) is 86.9 Å². The number of aromatic hydroxyl groups is 1. The number of carbonyl (C=O) groups is 20. The molecule has 137 heavy (non-hydrogen) atoms. The number of phenolic OH excluding ortho intramolecular Hbond substituents is 1. The van der Waals surface area contributed by atoms with Crippen molar-refractivity contribution in [1.82, 2.24) is 100 Å². The second-order valence-electron chi connectivity index (χ2n) is 35.2. The number of hydrogen-bond acceptors (Lipinski definition) is 28. The first-order valence-corrected chi connectivity index (χ1v) is 46.6. The first-order valence-electron chi connectivity index (χ1n) is 45.5. The molecular weight excluding hydrogens is 1810 g/mol. The zero-order valence-corrected chi connectivity index (χ0v) is 81.2. The summed E-state index contributed by atoms with van der Waals surface area (Å²) < 4.78 is 0. The van der Waals surface area contributed by atoms with Gasteiger partial charge in [0.25, 0.3) is 0 Å². The summed E-state index contributed by atoms with van der Waals surface area (Å²) >= 11 is 0.989. The maximum absolute atomic E-state index is 14.8. The fraction of sp³-hybridized carbons (Fsp3) is 0.655. The summed E-state index contributed by atoms with van der Waals surface area (Å²) in [5.74, 6) is -24.5. The number of aromatic nitrogens is 2. The molecule has 33 N–H and O–H groups in total. The highest BCUT2D eigenvalue weighted by Gasteiger charge is 2.42. The molecular formula is C87H145N25O24S. The molecule has 0 radical (unpaired) electrons. The van der Waals surface area contributed by atoms with Gasteiger partial charge in [-0.3, -0.25) is 101 Å². The molecule has 50 heteroatoms. The van der Waals surface area contributed by atoms with Gasteiger partial charge in [-0.1, -0.05) is 108 Å². The number of H-pyrrole nitrogens is 1. The largest absolute Gasteiger partial charge is 0.508 e. The molecule has 19 atom stereocenters. The molecule has 0 aliphatic carbocycles. The Morgan fingerprint density at radius 1 is 0.467 bits per heavy atom. The molecule has 49 nitrogen and oxygen atoms in total. The zero-order valence-electron chi connectivity index (χ0n) is 80.4. The number of imidazole rings is 1. The number of carboxylic acids is 1. The third kappa shape index (κ3) is 44.3. The third-order valence-corrected chi connectivity index (χ3v) is 23.0. The number of nitrogens with zero attached hydrogens (tertiary/aromatic N) is 1. The van der Waals surface area contributed by atoms with E-state index in [0.717, 1.165) is 11.8 Å². The van der Waals surface area contributed by atoms with Crippen LogP contribution in [0.2, 0.25) is 0 Å². The number of ketones is 1.